The first-order valence-electron chi connectivity index (χ1n) is 10.7. The Hall–Kier alpha value is -2.37. The van der Waals surface area contributed by atoms with E-state index in [4.69, 9.17) is 0 Å². The molecule has 158 valence electrons. The van der Waals surface area contributed by atoms with Crippen LogP contribution in [0.5, 0.6) is 0 Å². The van der Waals surface area contributed by atoms with E-state index in [-0.39, 0.29) is 6.03 Å². The monoisotopic (exact) mass is 397 g/mol. The van der Waals surface area contributed by atoms with Gasteiger partial charge in [0.1, 0.15) is 11.6 Å². The Kier molecular flexibility index (Phi) is 6.30. The van der Waals surface area contributed by atoms with Crippen LogP contribution in [0, 0.1) is 54.4 Å². The van der Waals surface area contributed by atoms with Gasteiger partial charge in [0.15, 0.2) is 0 Å². The molecule has 6 nitrogen and oxygen atoms in total. The second kappa shape index (κ2) is 8.56. The molecule has 0 spiro atoms. The lowest BCUT2D eigenvalue weighted by molar-refractivity contribution is 0.157. The number of hydrogen-bond donors (Lipinski definition) is 1. The Bertz CT molecular complexity index is 885. The van der Waals surface area contributed by atoms with Crippen molar-refractivity contribution in [2.24, 2.45) is 5.92 Å². The van der Waals surface area contributed by atoms with Gasteiger partial charge in [0.2, 0.25) is 0 Å². The van der Waals surface area contributed by atoms with Gasteiger partial charge in [-0.05, 0) is 101 Å². The molecule has 6 heteroatoms. The number of nitrogens with one attached hydrogen (secondary N) is 1. The SMILES string of the molecule is Cc1nc(C)n(C[C@H]2CCCN(C(=O)NCc3c(C)c(C)c(C)c(C)c3C)C2)n1. The highest BCUT2D eigenvalue weighted by atomic mass is 16.2. The van der Waals surface area contributed by atoms with E-state index < -0.39 is 0 Å². The summed E-state index contributed by atoms with van der Waals surface area (Å²) in [4.78, 5) is 19.2. The maximum atomic E-state index is 12.9. The molecule has 29 heavy (non-hydrogen) atoms. The van der Waals surface area contributed by atoms with Crippen LogP contribution in [-0.2, 0) is 13.1 Å². The van der Waals surface area contributed by atoms with E-state index in [0.29, 0.717) is 12.5 Å². The van der Waals surface area contributed by atoms with Crippen molar-refractivity contribution in [3.63, 3.8) is 0 Å². The number of hydrogen-bond acceptors (Lipinski definition) is 3. The summed E-state index contributed by atoms with van der Waals surface area (Å²) in [6.07, 6.45) is 2.16. The number of carbonyl (C=O) groups is 1. The van der Waals surface area contributed by atoms with Gasteiger partial charge in [0, 0.05) is 26.2 Å². The maximum Gasteiger partial charge on any atom is 0.317 e. The quantitative estimate of drug-likeness (QED) is 0.846. The minimum Gasteiger partial charge on any atom is -0.334 e. The third-order valence-corrected chi connectivity index (χ3v) is 6.77. The summed E-state index contributed by atoms with van der Waals surface area (Å²) in [6, 6.07) is 0.0378. The fourth-order valence-corrected chi connectivity index (χ4v) is 4.50. The van der Waals surface area contributed by atoms with E-state index in [1.165, 1.54) is 33.4 Å². The molecular weight excluding hydrogens is 362 g/mol. The molecule has 1 aliphatic rings. The van der Waals surface area contributed by atoms with Crippen LogP contribution >= 0.6 is 0 Å². The molecule has 0 radical (unpaired) electrons. The zero-order valence-electron chi connectivity index (χ0n) is 19.0. The van der Waals surface area contributed by atoms with Crippen LogP contribution in [0.25, 0.3) is 0 Å². The van der Waals surface area contributed by atoms with Crippen LogP contribution in [0.4, 0.5) is 4.79 Å². The van der Waals surface area contributed by atoms with Crippen molar-refractivity contribution >= 4 is 6.03 Å². The normalized spacial score (nSPS) is 16.9. The van der Waals surface area contributed by atoms with Crippen molar-refractivity contribution < 1.29 is 4.79 Å². The summed E-state index contributed by atoms with van der Waals surface area (Å²) in [7, 11) is 0. The lowest BCUT2D eigenvalue weighted by Gasteiger charge is -2.33. The zero-order valence-corrected chi connectivity index (χ0v) is 19.0. The number of piperidine rings is 1. The predicted octanol–water partition coefficient (Wildman–Crippen LogP) is 4.06. The molecule has 1 aliphatic heterocycles. The third-order valence-electron chi connectivity index (χ3n) is 6.77. The van der Waals surface area contributed by atoms with Crippen molar-refractivity contribution in [2.75, 3.05) is 13.1 Å². The van der Waals surface area contributed by atoms with Gasteiger partial charge in [-0.2, -0.15) is 5.10 Å². The Morgan fingerprint density at radius 3 is 2.21 bits per heavy atom. The molecule has 3 rings (SSSR count). The standard InChI is InChI=1S/C23H35N5O/c1-14-15(2)17(4)22(18(5)16(14)3)11-24-23(29)27-10-8-9-21(12-27)13-28-20(7)25-19(6)26-28/h21H,8-13H2,1-7H3,(H,24,29)/t21-/m0/s1. The van der Waals surface area contributed by atoms with Crippen molar-refractivity contribution in [3.05, 3.63) is 45.0 Å². The van der Waals surface area contributed by atoms with Crippen LogP contribution in [0.15, 0.2) is 0 Å². The average Bonchev–Trinajstić information content (AvgIpc) is 3.01. The van der Waals surface area contributed by atoms with E-state index in [1.807, 2.05) is 23.4 Å². The minimum absolute atomic E-state index is 0.0378. The Balaban J connectivity index is 1.63. The van der Waals surface area contributed by atoms with Gasteiger partial charge in [-0.3, -0.25) is 0 Å². The molecule has 0 unspecified atom stereocenters. The number of urea groups is 1. The molecule has 0 saturated carbocycles. The third kappa shape index (κ3) is 4.46. The summed E-state index contributed by atoms with van der Waals surface area (Å²) in [6.45, 7) is 17.8. The van der Waals surface area contributed by atoms with E-state index in [0.717, 1.165) is 44.1 Å². The molecule has 0 bridgehead atoms. The van der Waals surface area contributed by atoms with E-state index in [1.54, 1.807) is 0 Å². The van der Waals surface area contributed by atoms with Gasteiger partial charge < -0.3 is 10.2 Å². The highest BCUT2D eigenvalue weighted by molar-refractivity contribution is 5.74. The molecule has 2 aromatic rings. The Morgan fingerprint density at radius 1 is 1.00 bits per heavy atom. The van der Waals surface area contributed by atoms with Gasteiger partial charge in [-0.15, -0.1) is 0 Å². The maximum absolute atomic E-state index is 12.9. The van der Waals surface area contributed by atoms with Crippen LogP contribution in [0.3, 0.4) is 0 Å². The number of rotatable bonds is 4. The van der Waals surface area contributed by atoms with Gasteiger partial charge in [-0.25, -0.2) is 14.5 Å². The average molecular weight is 398 g/mol. The Labute approximate surface area is 174 Å². The van der Waals surface area contributed by atoms with Gasteiger partial charge >= 0.3 is 6.03 Å². The number of carbonyl (C=O) groups excluding carboxylic acids is 1. The van der Waals surface area contributed by atoms with Crippen LogP contribution in [-0.4, -0.2) is 38.8 Å². The summed E-state index contributed by atoms with van der Waals surface area (Å²) in [5, 5.41) is 7.66. The van der Waals surface area contributed by atoms with Crippen LogP contribution < -0.4 is 5.32 Å². The molecule has 2 amide bonds. The Morgan fingerprint density at radius 2 is 1.62 bits per heavy atom. The van der Waals surface area contributed by atoms with Crippen molar-refractivity contribution in [2.45, 2.75) is 74.4 Å². The smallest absolute Gasteiger partial charge is 0.317 e. The van der Waals surface area contributed by atoms with E-state index in [2.05, 4.69) is 50.0 Å². The summed E-state index contributed by atoms with van der Waals surface area (Å²) >= 11 is 0. The first-order chi connectivity index (χ1) is 13.7. The highest BCUT2D eigenvalue weighted by Crippen LogP contribution is 2.26. The van der Waals surface area contributed by atoms with Gasteiger partial charge in [-0.1, -0.05) is 0 Å². The molecule has 1 atom stereocenters. The van der Waals surface area contributed by atoms with Gasteiger partial charge in [0.05, 0.1) is 0 Å². The van der Waals surface area contributed by atoms with Gasteiger partial charge in [0.25, 0.3) is 0 Å². The summed E-state index contributed by atoms with van der Waals surface area (Å²) in [5.41, 5.74) is 7.84. The largest absolute Gasteiger partial charge is 0.334 e. The van der Waals surface area contributed by atoms with E-state index >= 15 is 0 Å². The number of aryl methyl sites for hydroxylation is 2. The van der Waals surface area contributed by atoms with Crippen molar-refractivity contribution in [1.82, 2.24) is 25.0 Å². The highest BCUT2D eigenvalue weighted by Gasteiger charge is 2.25. The second-order valence-corrected chi connectivity index (χ2v) is 8.60. The van der Waals surface area contributed by atoms with Crippen molar-refractivity contribution in [1.29, 1.82) is 0 Å². The minimum atomic E-state index is 0.0378. The van der Waals surface area contributed by atoms with Crippen molar-refractivity contribution in [3.8, 4) is 0 Å². The summed E-state index contributed by atoms with van der Waals surface area (Å²) in [5.74, 6) is 2.17. The second-order valence-electron chi connectivity index (χ2n) is 8.60. The fraction of sp³-hybridized carbons (Fsp3) is 0.609. The first kappa shape index (κ1) is 21.3. The molecular formula is C23H35N5O. The van der Waals surface area contributed by atoms with E-state index in [9.17, 15) is 4.79 Å². The van der Waals surface area contributed by atoms with Crippen LogP contribution in [0.2, 0.25) is 0 Å². The molecule has 0 aliphatic carbocycles. The molecule has 1 aromatic heterocycles. The number of likely N-dealkylation sites (tertiary alicyclic amines) is 1. The summed E-state index contributed by atoms with van der Waals surface area (Å²) < 4.78 is 1.98. The lowest BCUT2D eigenvalue weighted by Crippen LogP contribution is -2.46. The number of nitrogens with zero attached hydrogens (tertiary/aromatic N) is 4. The molecule has 1 N–H and O–H groups in total. The number of benzene rings is 1. The zero-order chi connectivity index (χ0) is 21.3. The molecule has 1 saturated heterocycles. The topological polar surface area (TPSA) is 63.1 Å². The number of amides is 2. The molecule has 1 fully saturated rings. The molecule has 1 aromatic carbocycles. The predicted molar refractivity (Wildman–Crippen MR) is 116 cm³/mol. The number of aromatic nitrogens is 3. The van der Waals surface area contributed by atoms with Crippen LogP contribution in [0.1, 0.15) is 57.9 Å². The molecule has 2 heterocycles. The first-order valence-corrected chi connectivity index (χ1v) is 10.7. The lowest BCUT2D eigenvalue weighted by atomic mass is 9.89. The fourth-order valence-electron chi connectivity index (χ4n) is 4.50.